The van der Waals surface area contributed by atoms with Crippen molar-refractivity contribution in [3.63, 3.8) is 0 Å². The molecule has 0 aliphatic carbocycles. The lowest BCUT2D eigenvalue weighted by molar-refractivity contribution is -0.0134. The van der Waals surface area contributed by atoms with Crippen LogP contribution in [0.15, 0.2) is 0 Å². The highest BCUT2D eigenvalue weighted by Crippen LogP contribution is 2.16. The Kier molecular flexibility index (Phi) is 5.73. The van der Waals surface area contributed by atoms with Gasteiger partial charge in [-0.05, 0) is 19.8 Å². The summed E-state index contributed by atoms with van der Waals surface area (Å²) in [7, 11) is 0. The van der Waals surface area contributed by atoms with Gasteiger partial charge in [-0.3, -0.25) is 5.41 Å². The van der Waals surface area contributed by atoms with Crippen LogP contribution in [0.1, 0.15) is 26.2 Å². The van der Waals surface area contributed by atoms with E-state index < -0.39 is 0 Å². The SMILES string of the molecule is CC(CC(=N)N)N1CCC(OCCO)CC1. The van der Waals surface area contributed by atoms with Crippen LogP contribution in [0.5, 0.6) is 0 Å². The Morgan fingerprint density at radius 1 is 1.56 bits per heavy atom. The molecule has 0 bridgehead atoms. The molecule has 0 aromatic carbocycles. The fraction of sp³-hybridized carbons (Fsp3) is 0.909. The minimum atomic E-state index is 0.0982. The molecule has 0 spiro atoms. The highest BCUT2D eigenvalue weighted by molar-refractivity contribution is 5.77. The number of hydrogen-bond donors (Lipinski definition) is 3. The molecule has 5 heteroatoms. The van der Waals surface area contributed by atoms with Gasteiger partial charge in [-0.2, -0.15) is 0 Å². The maximum Gasteiger partial charge on any atom is 0.0920 e. The van der Waals surface area contributed by atoms with E-state index in [-0.39, 0.29) is 18.5 Å². The largest absolute Gasteiger partial charge is 0.394 e. The molecular formula is C11H23N3O2. The molecule has 0 aromatic rings. The quantitative estimate of drug-likeness (QED) is 0.448. The van der Waals surface area contributed by atoms with Crippen LogP contribution in [-0.2, 0) is 4.74 Å². The standard InChI is InChI=1S/C11H23N3O2/c1-9(8-11(12)13)14-4-2-10(3-5-14)16-7-6-15/h9-10,15H,2-8H2,1H3,(H3,12,13). The zero-order valence-electron chi connectivity index (χ0n) is 9.98. The fourth-order valence-electron chi connectivity index (χ4n) is 2.15. The molecular weight excluding hydrogens is 206 g/mol. The Labute approximate surface area is 97.1 Å². The van der Waals surface area contributed by atoms with Crippen molar-refractivity contribution >= 4 is 5.84 Å². The number of piperidine rings is 1. The van der Waals surface area contributed by atoms with Crippen LogP contribution < -0.4 is 5.73 Å². The Bertz CT molecular complexity index is 215. The van der Waals surface area contributed by atoms with Crippen molar-refractivity contribution in [2.45, 2.75) is 38.3 Å². The normalized spacial score (nSPS) is 20.9. The molecule has 1 fully saturated rings. The second-order valence-electron chi connectivity index (χ2n) is 4.41. The van der Waals surface area contributed by atoms with Gasteiger partial charge < -0.3 is 20.5 Å². The van der Waals surface area contributed by atoms with E-state index in [1.165, 1.54) is 0 Å². The van der Waals surface area contributed by atoms with E-state index in [0.717, 1.165) is 25.9 Å². The van der Waals surface area contributed by atoms with E-state index in [2.05, 4.69) is 11.8 Å². The van der Waals surface area contributed by atoms with Gasteiger partial charge in [0.2, 0.25) is 0 Å². The molecule has 1 unspecified atom stereocenters. The van der Waals surface area contributed by atoms with Crippen molar-refractivity contribution in [1.29, 1.82) is 5.41 Å². The van der Waals surface area contributed by atoms with Gasteiger partial charge in [0.05, 0.1) is 25.2 Å². The Hall–Kier alpha value is -0.650. The van der Waals surface area contributed by atoms with Gasteiger partial charge in [-0.1, -0.05) is 0 Å². The molecule has 1 rings (SSSR count). The summed E-state index contributed by atoms with van der Waals surface area (Å²) in [6.07, 6.45) is 2.93. The van der Waals surface area contributed by atoms with E-state index in [1.807, 2.05) is 0 Å². The van der Waals surface area contributed by atoms with E-state index in [1.54, 1.807) is 0 Å². The molecule has 5 nitrogen and oxygen atoms in total. The summed E-state index contributed by atoms with van der Waals surface area (Å²) >= 11 is 0. The predicted octanol–water partition coefficient (Wildman–Crippen LogP) is 0.174. The van der Waals surface area contributed by atoms with Crippen LogP contribution in [0.25, 0.3) is 0 Å². The number of ether oxygens (including phenoxy) is 1. The molecule has 1 heterocycles. The number of nitrogens with zero attached hydrogens (tertiary/aromatic N) is 1. The number of nitrogens with two attached hydrogens (primary N) is 1. The van der Waals surface area contributed by atoms with Crippen molar-refractivity contribution < 1.29 is 9.84 Å². The van der Waals surface area contributed by atoms with E-state index in [0.29, 0.717) is 19.1 Å². The summed E-state index contributed by atoms with van der Waals surface area (Å²) in [4.78, 5) is 2.35. The summed E-state index contributed by atoms with van der Waals surface area (Å²) in [6, 6.07) is 0.344. The van der Waals surface area contributed by atoms with Crippen molar-refractivity contribution in [2.24, 2.45) is 5.73 Å². The van der Waals surface area contributed by atoms with Crippen LogP contribution in [0.4, 0.5) is 0 Å². The first kappa shape index (κ1) is 13.4. The fourth-order valence-corrected chi connectivity index (χ4v) is 2.15. The van der Waals surface area contributed by atoms with Crippen LogP contribution in [0.3, 0.4) is 0 Å². The van der Waals surface area contributed by atoms with E-state index in [4.69, 9.17) is 21.0 Å². The van der Waals surface area contributed by atoms with Crippen molar-refractivity contribution in [3.05, 3.63) is 0 Å². The van der Waals surface area contributed by atoms with Crippen molar-refractivity contribution in [3.8, 4) is 0 Å². The summed E-state index contributed by atoms with van der Waals surface area (Å²) in [6.45, 7) is 4.63. The van der Waals surface area contributed by atoms with Crippen LogP contribution in [0.2, 0.25) is 0 Å². The van der Waals surface area contributed by atoms with Gasteiger partial charge in [-0.25, -0.2) is 0 Å². The van der Waals surface area contributed by atoms with Gasteiger partial charge >= 0.3 is 0 Å². The number of likely N-dealkylation sites (tertiary alicyclic amines) is 1. The molecule has 1 aliphatic heterocycles. The van der Waals surface area contributed by atoms with Crippen molar-refractivity contribution in [2.75, 3.05) is 26.3 Å². The first-order chi connectivity index (χ1) is 7.63. The molecule has 1 saturated heterocycles. The average Bonchev–Trinajstić information content (AvgIpc) is 2.26. The number of amidine groups is 1. The molecule has 1 atom stereocenters. The van der Waals surface area contributed by atoms with Crippen LogP contribution in [0, 0.1) is 5.41 Å². The molecule has 0 aromatic heterocycles. The Morgan fingerprint density at radius 3 is 2.69 bits per heavy atom. The summed E-state index contributed by atoms with van der Waals surface area (Å²) in [5, 5.41) is 15.9. The summed E-state index contributed by atoms with van der Waals surface area (Å²) in [5.41, 5.74) is 5.40. The topological polar surface area (TPSA) is 82.6 Å². The Morgan fingerprint density at radius 2 is 2.19 bits per heavy atom. The maximum absolute atomic E-state index is 8.66. The third-order valence-corrected chi connectivity index (χ3v) is 3.06. The highest BCUT2D eigenvalue weighted by atomic mass is 16.5. The number of hydrogen-bond acceptors (Lipinski definition) is 4. The van der Waals surface area contributed by atoms with E-state index in [9.17, 15) is 0 Å². The molecule has 1 aliphatic rings. The van der Waals surface area contributed by atoms with Gasteiger partial charge in [0.1, 0.15) is 0 Å². The lowest BCUT2D eigenvalue weighted by atomic mass is 10.0. The van der Waals surface area contributed by atoms with E-state index >= 15 is 0 Å². The summed E-state index contributed by atoms with van der Waals surface area (Å²) < 4.78 is 5.50. The van der Waals surface area contributed by atoms with Gasteiger partial charge in [-0.15, -0.1) is 0 Å². The second-order valence-corrected chi connectivity index (χ2v) is 4.41. The van der Waals surface area contributed by atoms with Crippen LogP contribution in [-0.4, -0.2) is 54.3 Å². The average molecular weight is 229 g/mol. The number of nitrogens with one attached hydrogen (secondary N) is 1. The smallest absolute Gasteiger partial charge is 0.0920 e. The third kappa shape index (κ3) is 4.47. The molecule has 4 N–H and O–H groups in total. The zero-order valence-corrected chi connectivity index (χ0v) is 9.98. The molecule has 0 amide bonds. The first-order valence-corrected chi connectivity index (χ1v) is 5.93. The number of aliphatic hydroxyl groups is 1. The number of rotatable bonds is 6. The zero-order chi connectivity index (χ0) is 12.0. The van der Waals surface area contributed by atoms with Crippen molar-refractivity contribution in [1.82, 2.24) is 4.90 Å². The lowest BCUT2D eigenvalue weighted by Gasteiger charge is -2.35. The minimum Gasteiger partial charge on any atom is -0.394 e. The van der Waals surface area contributed by atoms with Crippen LogP contribution >= 0.6 is 0 Å². The summed E-state index contributed by atoms with van der Waals surface area (Å²) in [5.74, 6) is 0.256. The minimum absolute atomic E-state index is 0.0982. The van der Waals surface area contributed by atoms with Gasteiger partial charge in [0.15, 0.2) is 0 Å². The predicted molar refractivity (Wildman–Crippen MR) is 63.6 cm³/mol. The maximum atomic E-state index is 8.66. The highest BCUT2D eigenvalue weighted by Gasteiger charge is 2.23. The lowest BCUT2D eigenvalue weighted by Crippen LogP contribution is -2.43. The molecule has 16 heavy (non-hydrogen) atoms. The first-order valence-electron chi connectivity index (χ1n) is 5.93. The monoisotopic (exact) mass is 229 g/mol. The van der Waals surface area contributed by atoms with Gasteiger partial charge in [0.25, 0.3) is 0 Å². The van der Waals surface area contributed by atoms with Gasteiger partial charge in [0, 0.05) is 25.6 Å². The molecule has 0 saturated carbocycles. The molecule has 94 valence electrons. The third-order valence-electron chi connectivity index (χ3n) is 3.06. The molecule has 0 radical (unpaired) electrons. The number of aliphatic hydroxyl groups excluding tert-OH is 1. The Balaban J connectivity index is 2.23. The second kappa shape index (κ2) is 6.83.